The van der Waals surface area contributed by atoms with Crippen molar-refractivity contribution in [1.29, 1.82) is 0 Å². The predicted molar refractivity (Wildman–Crippen MR) is 73.1 cm³/mol. The van der Waals surface area contributed by atoms with E-state index in [9.17, 15) is 9.59 Å². The van der Waals surface area contributed by atoms with E-state index < -0.39 is 12.0 Å². The van der Waals surface area contributed by atoms with Crippen molar-refractivity contribution in [1.82, 2.24) is 10.3 Å². The lowest BCUT2D eigenvalue weighted by Crippen LogP contribution is -2.24. The Labute approximate surface area is 114 Å². The number of nitrogens with two attached hydrogens (primary N) is 1. The van der Waals surface area contributed by atoms with Gasteiger partial charge in [0, 0.05) is 17.4 Å². The number of nitrogens with one attached hydrogen (secondary N) is 2. The molecule has 2 aromatic rings. The average molecular weight is 277 g/mol. The van der Waals surface area contributed by atoms with Crippen molar-refractivity contribution in [2.45, 2.75) is 6.42 Å². The Balaban J connectivity index is 2.43. The van der Waals surface area contributed by atoms with E-state index in [0.29, 0.717) is 23.4 Å². The maximum absolute atomic E-state index is 11.5. The molecular formula is C13H15N3O4. The second-order valence-electron chi connectivity index (χ2n) is 4.24. The molecule has 0 aliphatic carbocycles. The molecule has 1 aromatic heterocycles. The highest BCUT2D eigenvalue weighted by atomic mass is 16.5. The average Bonchev–Trinajstić information content (AvgIpc) is 2.76. The number of carboxylic acid groups (broad SMARTS) is 1. The maximum atomic E-state index is 11.5. The Morgan fingerprint density at radius 1 is 1.45 bits per heavy atom. The van der Waals surface area contributed by atoms with E-state index in [4.69, 9.17) is 15.6 Å². The zero-order valence-corrected chi connectivity index (χ0v) is 10.9. The molecule has 0 saturated carbocycles. The molecule has 0 aliphatic rings. The van der Waals surface area contributed by atoms with Gasteiger partial charge in [0.15, 0.2) is 0 Å². The van der Waals surface area contributed by atoms with Gasteiger partial charge in [0.2, 0.25) is 0 Å². The minimum absolute atomic E-state index is 0.194. The lowest BCUT2D eigenvalue weighted by molar-refractivity contribution is 0.0995. The van der Waals surface area contributed by atoms with Crippen molar-refractivity contribution >= 4 is 22.9 Å². The number of fused-ring (bicyclic) bond motifs is 1. The Bertz CT molecular complexity index is 663. The minimum Gasteiger partial charge on any atom is -0.497 e. The predicted octanol–water partition coefficient (Wildman–Crippen LogP) is 1.09. The number of benzene rings is 1. The third kappa shape index (κ3) is 2.66. The normalized spacial score (nSPS) is 10.4. The number of hydrogen-bond acceptors (Lipinski definition) is 3. The molecule has 0 radical (unpaired) electrons. The first kappa shape index (κ1) is 13.7. The second kappa shape index (κ2) is 5.52. The molecule has 0 fully saturated rings. The van der Waals surface area contributed by atoms with Crippen LogP contribution in [-0.4, -0.2) is 35.7 Å². The van der Waals surface area contributed by atoms with E-state index in [2.05, 4.69) is 10.3 Å². The van der Waals surface area contributed by atoms with Crippen LogP contribution in [0.4, 0.5) is 4.79 Å². The summed E-state index contributed by atoms with van der Waals surface area (Å²) in [6, 6.07) is 5.34. The van der Waals surface area contributed by atoms with Crippen LogP contribution in [0.3, 0.4) is 0 Å². The minimum atomic E-state index is -1.11. The molecule has 0 aliphatic heterocycles. The highest BCUT2D eigenvalue weighted by Crippen LogP contribution is 2.26. The van der Waals surface area contributed by atoms with Gasteiger partial charge >= 0.3 is 6.09 Å². The van der Waals surface area contributed by atoms with Gasteiger partial charge in [0.25, 0.3) is 5.91 Å². The fourth-order valence-corrected chi connectivity index (χ4v) is 2.12. The summed E-state index contributed by atoms with van der Waals surface area (Å²) in [5.41, 5.74) is 7.07. The van der Waals surface area contributed by atoms with Gasteiger partial charge in [0.1, 0.15) is 11.4 Å². The molecule has 7 nitrogen and oxygen atoms in total. The fourth-order valence-electron chi connectivity index (χ4n) is 2.12. The summed E-state index contributed by atoms with van der Waals surface area (Å²) in [6.45, 7) is 0.194. The van der Waals surface area contributed by atoms with Crippen LogP contribution in [0.1, 0.15) is 16.1 Å². The topological polar surface area (TPSA) is 117 Å². The highest BCUT2D eigenvalue weighted by Gasteiger charge is 2.16. The first-order chi connectivity index (χ1) is 9.52. The summed E-state index contributed by atoms with van der Waals surface area (Å²) in [7, 11) is 1.55. The van der Waals surface area contributed by atoms with Gasteiger partial charge in [-0.05, 0) is 30.2 Å². The standard InChI is InChI=1S/C13H15N3O4/c1-20-7-2-3-10-9(6-7)8(4-5-15-13(18)19)11(16-10)12(14)17/h2-3,6,15-16H,4-5H2,1H3,(H2,14,17)(H,18,19). The molecule has 0 bridgehead atoms. The first-order valence-electron chi connectivity index (χ1n) is 5.98. The van der Waals surface area contributed by atoms with Crippen molar-refractivity contribution in [3.05, 3.63) is 29.5 Å². The number of aromatic amines is 1. The van der Waals surface area contributed by atoms with Gasteiger partial charge in [-0.15, -0.1) is 0 Å². The molecule has 1 aromatic carbocycles. The van der Waals surface area contributed by atoms with E-state index in [-0.39, 0.29) is 6.54 Å². The molecule has 20 heavy (non-hydrogen) atoms. The summed E-state index contributed by atoms with van der Waals surface area (Å²) < 4.78 is 5.15. The molecule has 1 heterocycles. The number of amides is 2. The number of rotatable bonds is 5. The van der Waals surface area contributed by atoms with Crippen LogP contribution in [0, 0.1) is 0 Å². The summed E-state index contributed by atoms with van der Waals surface area (Å²) in [5, 5.41) is 11.6. The Morgan fingerprint density at radius 3 is 2.80 bits per heavy atom. The van der Waals surface area contributed by atoms with Crippen LogP contribution in [0.5, 0.6) is 5.75 Å². The molecule has 2 rings (SSSR count). The molecule has 0 atom stereocenters. The number of primary amides is 1. The second-order valence-corrected chi connectivity index (χ2v) is 4.24. The van der Waals surface area contributed by atoms with E-state index in [0.717, 1.165) is 10.9 Å². The molecule has 7 heteroatoms. The fraction of sp³-hybridized carbons (Fsp3) is 0.231. The van der Waals surface area contributed by atoms with Crippen LogP contribution in [0.2, 0.25) is 0 Å². The van der Waals surface area contributed by atoms with Crippen molar-refractivity contribution < 1.29 is 19.4 Å². The molecule has 5 N–H and O–H groups in total. The van der Waals surface area contributed by atoms with Crippen LogP contribution in [-0.2, 0) is 6.42 Å². The molecule has 0 unspecified atom stereocenters. The van der Waals surface area contributed by atoms with Crippen LogP contribution >= 0.6 is 0 Å². The number of hydrogen-bond donors (Lipinski definition) is 4. The van der Waals surface area contributed by atoms with Gasteiger partial charge in [-0.1, -0.05) is 0 Å². The first-order valence-corrected chi connectivity index (χ1v) is 5.98. The number of carbonyl (C=O) groups excluding carboxylic acids is 1. The van der Waals surface area contributed by atoms with Crippen molar-refractivity contribution in [3.8, 4) is 5.75 Å². The van der Waals surface area contributed by atoms with E-state index in [1.807, 2.05) is 0 Å². The maximum Gasteiger partial charge on any atom is 0.404 e. The monoisotopic (exact) mass is 277 g/mol. The summed E-state index contributed by atoms with van der Waals surface area (Å²) in [6.07, 6.45) is -0.749. The van der Waals surface area contributed by atoms with Gasteiger partial charge in [-0.2, -0.15) is 0 Å². The SMILES string of the molecule is COc1ccc2[nH]c(C(N)=O)c(CCNC(=O)O)c2c1. The zero-order valence-electron chi connectivity index (χ0n) is 10.9. The molecule has 106 valence electrons. The van der Waals surface area contributed by atoms with Crippen molar-refractivity contribution in [3.63, 3.8) is 0 Å². The third-order valence-corrected chi connectivity index (χ3v) is 3.01. The Morgan fingerprint density at radius 2 is 2.20 bits per heavy atom. The number of aromatic nitrogens is 1. The Kier molecular flexibility index (Phi) is 3.79. The summed E-state index contributed by atoms with van der Waals surface area (Å²) in [5.74, 6) is 0.0745. The molecule has 2 amide bonds. The van der Waals surface area contributed by atoms with E-state index >= 15 is 0 Å². The lowest BCUT2D eigenvalue weighted by atomic mass is 10.1. The molecule has 0 saturated heterocycles. The lowest BCUT2D eigenvalue weighted by Gasteiger charge is -2.04. The quantitative estimate of drug-likeness (QED) is 0.654. The van der Waals surface area contributed by atoms with Crippen LogP contribution in [0.25, 0.3) is 10.9 Å². The number of ether oxygens (including phenoxy) is 1. The van der Waals surface area contributed by atoms with Crippen LogP contribution in [0.15, 0.2) is 18.2 Å². The van der Waals surface area contributed by atoms with Crippen LogP contribution < -0.4 is 15.8 Å². The summed E-state index contributed by atoms with van der Waals surface area (Å²) >= 11 is 0. The molecule has 0 spiro atoms. The summed E-state index contributed by atoms with van der Waals surface area (Å²) in [4.78, 5) is 24.9. The number of H-pyrrole nitrogens is 1. The van der Waals surface area contributed by atoms with Crippen molar-refractivity contribution in [2.75, 3.05) is 13.7 Å². The Hall–Kier alpha value is -2.70. The zero-order chi connectivity index (χ0) is 14.7. The highest BCUT2D eigenvalue weighted by molar-refractivity contribution is 6.00. The van der Waals surface area contributed by atoms with Gasteiger partial charge in [-0.3, -0.25) is 4.79 Å². The van der Waals surface area contributed by atoms with Gasteiger partial charge < -0.3 is 25.9 Å². The van der Waals surface area contributed by atoms with Gasteiger partial charge in [0.05, 0.1) is 7.11 Å². The third-order valence-electron chi connectivity index (χ3n) is 3.01. The number of methoxy groups -OCH3 is 1. The van der Waals surface area contributed by atoms with E-state index in [1.54, 1.807) is 25.3 Å². The van der Waals surface area contributed by atoms with Crippen molar-refractivity contribution in [2.24, 2.45) is 5.73 Å². The smallest absolute Gasteiger partial charge is 0.404 e. The van der Waals surface area contributed by atoms with E-state index in [1.165, 1.54) is 0 Å². The largest absolute Gasteiger partial charge is 0.497 e. The molecular weight excluding hydrogens is 262 g/mol. The number of carbonyl (C=O) groups is 2. The van der Waals surface area contributed by atoms with Gasteiger partial charge in [-0.25, -0.2) is 4.79 Å².